The average Bonchev–Trinajstić information content (AvgIpc) is 2.88. The molecule has 2 atom stereocenters. The van der Waals surface area contributed by atoms with E-state index in [-0.39, 0.29) is 41.6 Å². The zero-order chi connectivity index (χ0) is 20.4. The number of hydrogen-bond acceptors (Lipinski definition) is 6. The number of non-ortho nitro benzene ring substituents is 1. The summed E-state index contributed by atoms with van der Waals surface area (Å²) in [4.78, 5) is 50.0. The van der Waals surface area contributed by atoms with Gasteiger partial charge in [-0.1, -0.05) is 0 Å². The van der Waals surface area contributed by atoms with Gasteiger partial charge in [0, 0.05) is 38.3 Å². The van der Waals surface area contributed by atoms with Crippen molar-refractivity contribution in [2.24, 2.45) is 0 Å². The van der Waals surface area contributed by atoms with Crippen molar-refractivity contribution in [3.05, 3.63) is 39.4 Å². The second-order valence-electron chi connectivity index (χ2n) is 7.00. The quantitative estimate of drug-likeness (QED) is 0.351. The smallest absolute Gasteiger partial charge is 0.317 e. The largest absolute Gasteiger partial charge is 0.372 e. The van der Waals surface area contributed by atoms with Crippen LogP contribution in [0.2, 0.25) is 0 Å². The zero-order valence-corrected chi connectivity index (χ0v) is 15.7. The summed E-state index contributed by atoms with van der Waals surface area (Å²) >= 11 is 0. The summed E-state index contributed by atoms with van der Waals surface area (Å²) in [5, 5.41) is 13.6. The second kappa shape index (κ2) is 7.93. The van der Waals surface area contributed by atoms with Crippen LogP contribution in [0.3, 0.4) is 0 Å². The molecule has 10 nitrogen and oxygen atoms in total. The summed E-state index contributed by atoms with van der Waals surface area (Å²) in [5.74, 6) is -1.03. The highest BCUT2D eigenvalue weighted by Crippen LogP contribution is 2.26. The van der Waals surface area contributed by atoms with E-state index in [0.717, 1.165) is 11.0 Å². The van der Waals surface area contributed by atoms with Crippen LogP contribution >= 0.6 is 0 Å². The third-order valence-electron chi connectivity index (χ3n) is 4.71. The van der Waals surface area contributed by atoms with Crippen LogP contribution in [0.1, 0.15) is 41.0 Å². The van der Waals surface area contributed by atoms with Gasteiger partial charge in [-0.3, -0.25) is 24.6 Å². The van der Waals surface area contributed by atoms with E-state index >= 15 is 0 Å². The van der Waals surface area contributed by atoms with Crippen LogP contribution in [0.4, 0.5) is 10.5 Å². The van der Waals surface area contributed by atoms with Gasteiger partial charge in [-0.25, -0.2) is 4.79 Å². The highest BCUT2D eigenvalue weighted by molar-refractivity contribution is 6.21. The Hall–Kier alpha value is -3.01. The monoisotopic (exact) mass is 390 g/mol. The molecule has 28 heavy (non-hydrogen) atoms. The van der Waals surface area contributed by atoms with Crippen LogP contribution in [-0.2, 0) is 4.74 Å². The van der Waals surface area contributed by atoms with Gasteiger partial charge in [0.05, 0.1) is 28.3 Å². The van der Waals surface area contributed by atoms with Gasteiger partial charge < -0.3 is 15.0 Å². The van der Waals surface area contributed by atoms with Crippen molar-refractivity contribution in [1.82, 2.24) is 15.1 Å². The Morgan fingerprint density at radius 1 is 1.21 bits per heavy atom. The number of urea groups is 1. The molecule has 0 radical (unpaired) electrons. The highest BCUT2D eigenvalue weighted by Gasteiger charge is 2.36. The lowest BCUT2D eigenvalue weighted by Crippen LogP contribution is -2.51. The predicted molar refractivity (Wildman–Crippen MR) is 98.1 cm³/mol. The number of amides is 4. The molecule has 4 amide bonds. The second-order valence-corrected chi connectivity index (χ2v) is 7.00. The molecule has 0 saturated carbocycles. The van der Waals surface area contributed by atoms with E-state index in [9.17, 15) is 24.5 Å². The minimum atomic E-state index is -0.608. The maximum absolute atomic E-state index is 12.4. The maximum atomic E-state index is 12.4. The molecule has 150 valence electrons. The Kier molecular flexibility index (Phi) is 5.59. The maximum Gasteiger partial charge on any atom is 0.317 e. The molecule has 1 saturated heterocycles. The number of nitro benzene ring substituents is 1. The number of rotatable bonds is 5. The molecule has 2 heterocycles. The van der Waals surface area contributed by atoms with E-state index in [0.29, 0.717) is 26.1 Å². The van der Waals surface area contributed by atoms with Gasteiger partial charge in [0.1, 0.15) is 0 Å². The van der Waals surface area contributed by atoms with Crippen molar-refractivity contribution < 1.29 is 24.0 Å². The van der Waals surface area contributed by atoms with Crippen LogP contribution in [0.15, 0.2) is 18.2 Å². The number of carbonyl (C=O) groups excluding carboxylic acids is 3. The summed E-state index contributed by atoms with van der Waals surface area (Å²) in [6, 6.07) is 3.42. The third-order valence-corrected chi connectivity index (χ3v) is 4.71. The van der Waals surface area contributed by atoms with E-state index in [4.69, 9.17) is 4.74 Å². The summed E-state index contributed by atoms with van der Waals surface area (Å²) in [6.45, 7) is 5.24. The van der Waals surface area contributed by atoms with Crippen molar-refractivity contribution in [3.8, 4) is 0 Å². The first-order chi connectivity index (χ1) is 13.3. The minimum absolute atomic E-state index is 0.0306. The van der Waals surface area contributed by atoms with Crippen LogP contribution in [-0.4, -0.2) is 71.0 Å². The molecule has 2 aliphatic heterocycles. The molecule has 0 spiro atoms. The minimum Gasteiger partial charge on any atom is -0.372 e. The average molecular weight is 390 g/mol. The number of morpholine rings is 1. The zero-order valence-electron chi connectivity index (χ0n) is 15.7. The van der Waals surface area contributed by atoms with Crippen molar-refractivity contribution in [1.29, 1.82) is 0 Å². The molecule has 3 rings (SSSR count). The van der Waals surface area contributed by atoms with Crippen molar-refractivity contribution in [3.63, 3.8) is 0 Å². The number of hydrogen-bond donors (Lipinski definition) is 1. The van der Waals surface area contributed by atoms with E-state index in [1.165, 1.54) is 12.1 Å². The van der Waals surface area contributed by atoms with E-state index in [1.54, 1.807) is 4.90 Å². The molecule has 10 heteroatoms. The van der Waals surface area contributed by atoms with Gasteiger partial charge in [-0.2, -0.15) is 0 Å². The molecular weight excluding hydrogens is 368 g/mol. The van der Waals surface area contributed by atoms with Crippen LogP contribution in [0.5, 0.6) is 0 Å². The Balaban J connectivity index is 1.51. The van der Waals surface area contributed by atoms with Gasteiger partial charge in [-0.15, -0.1) is 0 Å². The van der Waals surface area contributed by atoms with Crippen molar-refractivity contribution in [2.75, 3.05) is 26.2 Å². The van der Waals surface area contributed by atoms with Crippen molar-refractivity contribution in [2.45, 2.75) is 32.5 Å². The fourth-order valence-electron chi connectivity index (χ4n) is 3.48. The van der Waals surface area contributed by atoms with Gasteiger partial charge in [0.2, 0.25) is 0 Å². The lowest BCUT2D eigenvalue weighted by Gasteiger charge is -2.35. The number of fused-ring (bicyclic) bond motifs is 1. The Morgan fingerprint density at radius 2 is 1.86 bits per heavy atom. The fraction of sp³-hybridized carbons (Fsp3) is 0.500. The van der Waals surface area contributed by atoms with Crippen LogP contribution in [0, 0.1) is 10.1 Å². The first-order valence-electron chi connectivity index (χ1n) is 9.10. The van der Waals surface area contributed by atoms with E-state index in [1.807, 2.05) is 13.8 Å². The number of nitrogens with one attached hydrogen (secondary N) is 1. The predicted octanol–water partition coefficient (Wildman–Crippen LogP) is 1.40. The topological polar surface area (TPSA) is 122 Å². The molecular formula is C18H22N4O6. The molecule has 1 aromatic rings. The standard InChI is InChI=1S/C18H22N4O6/c1-11-9-20(10-12(2)28-11)18(25)19-6-3-7-21-16(23)14-5-4-13(22(26)27)8-15(14)17(21)24/h4-5,8,11-12H,3,6-7,9-10H2,1-2H3,(H,19,25). The van der Waals surface area contributed by atoms with Gasteiger partial charge >= 0.3 is 6.03 Å². The number of nitrogens with zero attached hydrogens (tertiary/aromatic N) is 3. The van der Waals surface area contributed by atoms with Crippen LogP contribution < -0.4 is 5.32 Å². The molecule has 0 aliphatic carbocycles. The number of imide groups is 1. The lowest BCUT2D eigenvalue weighted by atomic mass is 10.1. The molecule has 2 unspecified atom stereocenters. The molecule has 0 bridgehead atoms. The fourth-order valence-corrected chi connectivity index (χ4v) is 3.48. The first-order valence-corrected chi connectivity index (χ1v) is 9.10. The molecule has 0 aromatic heterocycles. The summed E-state index contributed by atoms with van der Waals surface area (Å²) in [6.07, 6.45) is 0.322. The Bertz CT molecular complexity index is 816. The van der Waals surface area contributed by atoms with Gasteiger partial charge in [-0.05, 0) is 26.3 Å². The number of benzene rings is 1. The number of nitro groups is 1. The molecule has 1 aromatic carbocycles. The van der Waals surface area contributed by atoms with E-state index < -0.39 is 16.7 Å². The normalized spacial score (nSPS) is 21.6. The van der Waals surface area contributed by atoms with Crippen LogP contribution in [0.25, 0.3) is 0 Å². The van der Waals surface area contributed by atoms with Gasteiger partial charge in [0.15, 0.2) is 0 Å². The SMILES string of the molecule is CC1CN(C(=O)NCCCN2C(=O)c3ccc([N+](=O)[O-])cc3C2=O)CC(C)O1. The summed E-state index contributed by atoms with van der Waals surface area (Å²) < 4.78 is 5.59. The lowest BCUT2D eigenvalue weighted by molar-refractivity contribution is -0.384. The van der Waals surface area contributed by atoms with E-state index in [2.05, 4.69) is 5.32 Å². The summed E-state index contributed by atoms with van der Waals surface area (Å²) in [5.41, 5.74) is -0.0292. The number of ether oxygens (including phenoxy) is 1. The molecule has 2 aliphatic rings. The third kappa shape index (κ3) is 3.96. The Labute approximate surface area is 161 Å². The molecule has 1 fully saturated rings. The van der Waals surface area contributed by atoms with Gasteiger partial charge in [0.25, 0.3) is 17.5 Å². The highest BCUT2D eigenvalue weighted by atomic mass is 16.6. The molecule has 1 N–H and O–H groups in total. The summed E-state index contributed by atoms with van der Waals surface area (Å²) in [7, 11) is 0. The van der Waals surface area contributed by atoms with Crippen molar-refractivity contribution >= 4 is 23.5 Å². The first kappa shape index (κ1) is 19.7. The number of carbonyl (C=O) groups is 3. The Morgan fingerprint density at radius 3 is 2.50 bits per heavy atom.